The molecular weight excluding hydrogens is 314 g/mol. The molecule has 0 unspecified atom stereocenters. The Morgan fingerprint density at radius 1 is 1.08 bits per heavy atom. The van der Waals surface area contributed by atoms with E-state index in [0.717, 1.165) is 42.6 Å². The fourth-order valence-corrected chi connectivity index (χ4v) is 3.01. The molecule has 0 fully saturated rings. The summed E-state index contributed by atoms with van der Waals surface area (Å²) in [5.74, 6) is -0.811. The molecule has 0 spiro atoms. The van der Waals surface area contributed by atoms with E-state index in [-0.39, 0.29) is 0 Å². The van der Waals surface area contributed by atoms with Gasteiger partial charge in [0.25, 0.3) is 0 Å². The fourth-order valence-electron chi connectivity index (χ4n) is 3.01. The molecule has 128 valence electrons. The molecule has 3 rings (SSSR count). The molecule has 3 heterocycles. The van der Waals surface area contributed by atoms with Crippen LogP contribution in [0.1, 0.15) is 24.0 Å². The molecule has 5 nitrogen and oxygen atoms in total. The Labute approximate surface area is 147 Å². The van der Waals surface area contributed by atoms with E-state index in [0.29, 0.717) is 12.1 Å². The van der Waals surface area contributed by atoms with Gasteiger partial charge in [0.2, 0.25) is 0 Å². The minimum absolute atomic E-state index is 0.499. The van der Waals surface area contributed by atoms with E-state index in [1.807, 2.05) is 30.3 Å². The summed E-state index contributed by atoms with van der Waals surface area (Å²) in [6.07, 6.45) is 12.9. The Bertz CT molecular complexity index is 729. The lowest BCUT2D eigenvalue weighted by atomic mass is 9.98. The van der Waals surface area contributed by atoms with Crippen molar-refractivity contribution in [3.05, 3.63) is 77.9 Å². The lowest BCUT2D eigenvalue weighted by Crippen LogP contribution is -2.32. The second-order valence-corrected chi connectivity index (χ2v) is 5.98. The summed E-state index contributed by atoms with van der Waals surface area (Å²) in [5.41, 5.74) is 3.88. The molecule has 5 heteroatoms. The first kappa shape index (κ1) is 17.0. The number of carboxylic acid groups (broad SMARTS) is 1. The summed E-state index contributed by atoms with van der Waals surface area (Å²) in [6, 6.07) is 7.99. The standard InChI is InChI=1S/C20H21N3O2/c24-20(25)18-3-1-13-23(15-18)14-2-4-19(16-5-9-21-10-6-16)17-7-11-22-12-8-17/h3-12H,1-2,13-15H2,(H,24,25). The molecule has 0 saturated carbocycles. The van der Waals surface area contributed by atoms with Crippen LogP contribution in [-0.2, 0) is 4.79 Å². The summed E-state index contributed by atoms with van der Waals surface area (Å²) in [6.45, 7) is 2.26. The second kappa shape index (κ2) is 8.35. The molecular formula is C20H21N3O2. The molecule has 0 aliphatic carbocycles. The fraction of sp³-hybridized carbons (Fsp3) is 0.250. The molecule has 2 aromatic heterocycles. The van der Waals surface area contributed by atoms with E-state index in [1.165, 1.54) is 0 Å². The van der Waals surface area contributed by atoms with Crippen LogP contribution in [0.15, 0.2) is 66.8 Å². The molecule has 0 saturated heterocycles. The normalized spacial score (nSPS) is 14.6. The zero-order chi connectivity index (χ0) is 17.5. The molecule has 1 aliphatic heterocycles. The van der Waals surface area contributed by atoms with Gasteiger partial charge in [0.05, 0.1) is 0 Å². The maximum absolute atomic E-state index is 11.1. The van der Waals surface area contributed by atoms with Crippen LogP contribution in [0.2, 0.25) is 0 Å². The number of hydrogen-bond donors (Lipinski definition) is 1. The quantitative estimate of drug-likeness (QED) is 0.879. The first-order chi connectivity index (χ1) is 12.2. The van der Waals surface area contributed by atoms with Crippen LogP contribution in [0.5, 0.6) is 0 Å². The van der Waals surface area contributed by atoms with Crippen LogP contribution in [0, 0.1) is 0 Å². The van der Waals surface area contributed by atoms with Crippen molar-refractivity contribution in [2.24, 2.45) is 0 Å². The zero-order valence-corrected chi connectivity index (χ0v) is 14.0. The van der Waals surface area contributed by atoms with Crippen molar-refractivity contribution in [3.63, 3.8) is 0 Å². The third-order valence-corrected chi connectivity index (χ3v) is 4.28. The first-order valence-corrected chi connectivity index (χ1v) is 8.39. The van der Waals surface area contributed by atoms with Crippen molar-refractivity contribution in [1.82, 2.24) is 14.9 Å². The van der Waals surface area contributed by atoms with Crippen LogP contribution in [0.3, 0.4) is 0 Å². The Kier molecular flexibility index (Phi) is 5.69. The number of rotatable bonds is 6. The number of aromatic nitrogens is 2. The lowest BCUT2D eigenvalue weighted by molar-refractivity contribution is -0.133. The van der Waals surface area contributed by atoms with Crippen molar-refractivity contribution in [2.75, 3.05) is 19.6 Å². The van der Waals surface area contributed by atoms with Gasteiger partial charge in [-0.25, -0.2) is 4.79 Å². The molecule has 25 heavy (non-hydrogen) atoms. The second-order valence-electron chi connectivity index (χ2n) is 5.98. The first-order valence-electron chi connectivity index (χ1n) is 8.39. The van der Waals surface area contributed by atoms with Gasteiger partial charge in [-0.1, -0.05) is 12.2 Å². The maximum atomic E-state index is 11.1. The van der Waals surface area contributed by atoms with Gasteiger partial charge in [-0.15, -0.1) is 0 Å². The number of carboxylic acids is 1. The summed E-state index contributed by atoms with van der Waals surface area (Å²) < 4.78 is 0. The molecule has 1 N–H and O–H groups in total. The summed E-state index contributed by atoms with van der Waals surface area (Å²) in [5, 5.41) is 9.15. The topological polar surface area (TPSA) is 66.3 Å². The largest absolute Gasteiger partial charge is 0.478 e. The number of hydrogen-bond acceptors (Lipinski definition) is 4. The van der Waals surface area contributed by atoms with Gasteiger partial charge in [-0.05, 0) is 53.8 Å². The van der Waals surface area contributed by atoms with Crippen molar-refractivity contribution < 1.29 is 9.90 Å². The number of carbonyl (C=O) groups is 1. The van der Waals surface area contributed by atoms with Gasteiger partial charge in [0.1, 0.15) is 0 Å². The smallest absolute Gasteiger partial charge is 0.332 e. The van der Waals surface area contributed by atoms with Gasteiger partial charge in [-0.3, -0.25) is 14.9 Å². The summed E-state index contributed by atoms with van der Waals surface area (Å²) in [4.78, 5) is 21.5. The van der Waals surface area contributed by atoms with Gasteiger partial charge < -0.3 is 5.11 Å². The molecule has 0 radical (unpaired) electrons. The molecule has 0 atom stereocenters. The van der Waals surface area contributed by atoms with Crippen molar-refractivity contribution in [3.8, 4) is 0 Å². The molecule has 0 aromatic carbocycles. The zero-order valence-electron chi connectivity index (χ0n) is 14.0. The van der Waals surface area contributed by atoms with Crippen LogP contribution in [0.25, 0.3) is 5.57 Å². The maximum Gasteiger partial charge on any atom is 0.332 e. The minimum Gasteiger partial charge on any atom is -0.478 e. The Morgan fingerprint density at radius 2 is 1.68 bits per heavy atom. The number of aliphatic carboxylic acids is 1. The Morgan fingerprint density at radius 3 is 2.24 bits per heavy atom. The number of pyridine rings is 2. The monoisotopic (exact) mass is 335 g/mol. The van der Waals surface area contributed by atoms with Gasteiger partial charge in [-0.2, -0.15) is 0 Å². The van der Waals surface area contributed by atoms with Crippen molar-refractivity contribution in [1.29, 1.82) is 0 Å². The third-order valence-electron chi connectivity index (χ3n) is 4.28. The van der Waals surface area contributed by atoms with E-state index in [1.54, 1.807) is 24.8 Å². The van der Waals surface area contributed by atoms with E-state index in [4.69, 9.17) is 5.11 Å². The van der Waals surface area contributed by atoms with E-state index in [2.05, 4.69) is 20.9 Å². The average molecular weight is 335 g/mol. The molecule has 0 bridgehead atoms. The molecule has 0 amide bonds. The van der Waals surface area contributed by atoms with Crippen LogP contribution < -0.4 is 0 Å². The van der Waals surface area contributed by atoms with Crippen LogP contribution in [0.4, 0.5) is 0 Å². The predicted molar refractivity (Wildman–Crippen MR) is 96.9 cm³/mol. The average Bonchev–Trinajstić information content (AvgIpc) is 2.67. The van der Waals surface area contributed by atoms with E-state index >= 15 is 0 Å². The van der Waals surface area contributed by atoms with Gasteiger partial charge in [0, 0.05) is 50.0 Å². The van der Waals surface area contributed by atoms with E-state index < -0.39 is 5.97 Å². The Balaban J connectivity index is 1.72. The van der Waals surface area contributed by atoms with Crippen molar-refractivity contribution >= 4 is 11.5 Å². The SMILES string of the molecule is O=C(O)C1=CCCN(CCC=C(c2ccncc2)c2ccncc2)C1. The molecule has 2 aromatic rings. The third kappa shape index (κ3) is 4.61. The highest BCUT2D eigenvalue weighted by Crippen LogP contribution is 2.23. The van der Waals surface area contributed by atoms with Crippen LogP contribution >= 0.6 is 0 Å². The molecule has 1 aliphatic rings. The lowest BCUT2D eigenvalue weighted by Gasteiger charge is -2.25. The predicted octanol–water partition coefficient (Wildman–Crippen LogP) is 3.02. The van der Waals surface area contributed by atoms with Gasteiger partial charge in [0.15, 0.2) is 0 Å². The van der Waals surface area contributed by atoms with Crippen molar-refractivity contribution in [2.45, 2.75) is 12.8 Å². The van der Waals surface area contributed by atoms with Crippen LogP contribution in [-0.4, -0.2) is 45.6 Å². The minimum atomic E-state index is -0.811. The highest BCUT2D eigenvalue weighted by atomic mass is 16.4. The number of nitrogens with zero attached hydrogens (tertiary/aromatic N) is 3. The van der Waals surface area contributed by atoms with Gasteiger partial charge >= 0.3 is 5.97 Å². The highest BCUT2D eigenvalue weighted by molar-refractivity contribution is 5.87. The Hall–Kier alpha value is -2.79. The van der Waals surface area contributed by atoms with E-state index in [9.17, 15) is 4.79 Å². The highest BCUT2D eigenvalue weighted by Gasteiger charge is 2.16. The summed E-state index contributed by atoms with van der Waals surface area (Å²) in [7, 11) is 0. The summed E-state index contributed by atoms with van der Waals surface area (Å²) >= 11 is 0.